The maximum atomic E-state index is 10.4. The van der Waals surface area contributed by atoms with Gasteiger partial charge in [0.25, 0.3) is 0 Å². The summed E-state index contributed by atoms with van der Waals surface area (Å²) in [6, 6.07) is 7.42. The van der Waals surface area contributed by atoms with Gasteiger partial charge in [-0.05, 0) is 12.1 Å². The molecule has 0 aliphatic rings. The molecule has 0 fully saturated rings. The van der Waals surface area contributed by atoms with Gasteiger partial charge in [-0.2, -0.15) is 0 Å². The molecule has 0 saturated carbocycles. The minimum Gasteiger partial charge on any atom is -0.497 e. The third-order valence-corrected chi connectivity index (χ3v) is 2.13. The van der Waals surface area contributed by atoms with Crippen LogP contribution in [-0.4, -0.2) is 23.4 Å². The number of hydrogen-bond donors (Lipinski definition) is 1. The molecule has 0 aliphatic carbocycles. The van der Waals surface area contributed by atoms with Crippen molar-refractivity contribution >= 4 is 17.9 Å². The fourth-order valence-electron chi connectivity index (χ4n) is 1.29. The normalized spacial score (nSPS) is 9.71. The Morgan fingerprint density at radius 3 is 2.71 bits per heavy atom. The number of aldehydes is 1. The number of benzene rings is 1. The fraction of sp³-hybridized carbons (Fsp3) is 0.0833. The monoisotopic (exact) mass is 229 g/mol. The first-order chi connectivity index (χ1) is 8.31. The van der Waals surface area contributed by atoms with E-state index in [1.165, 1.54) is 12.4 Å². The summed E-state index contributed by atoms with van der Waals surface area (Å²) in [6.07, 6.45) is 3.63. The van der Waals surface area contributed by atoms with Crippen molar-refractivity contribution in [1.82, 2.24) is 9.97 Å². The summed E-state index contributed by atoms with van der Waals surface area (Å²) >= 11 is 0. The summed E-state index contributed by atoms with van der Waals surface area (Å²) in [6.45, 7) is 0. The molecular weight excluding hydrogens is 218 g/mol. The van der Waals surface area contributed by atoms with E-state index in [4.69, 9.17) is 4.74 Å². The number of methoxy groups -OCH3 is 1. The molecule has 0 atom stereocenters. The van der Waals surface area contributed by atoms with Crippen molar-refractivity contribution in [2.75, 3.05) is 12.4 Å². The first kappa shape index (κ1) is 11.1. The fourth-order valence-corrected chi connectivity index (χ4v) is 1.29. The predicted molar refractivity (Wildman–Crippen MR) is 63.7 cm³/mol. The van der Waals surface area contributed by atoms with Crippen LogP contribution in [0.4, 0.5) is 11.6 Å². The molecule has 5 heteroatoms. The van der Waals surface area contributed by atoms with Crippen molar-refractivity contribution in [3.63, 3.8) is 0 Å². The first-order valence-electron chi connectivity index (χ1n) is 5.00. The number of rotatable bonds is 4. The molecule has 1 aromatic carbocycles. The Bertz CT molecular complexity index is 511. The largest absolute Gasteiger partial charge is 0.497 e. The summed E-state index contributed by atoms with van der Waals surface area (Å²) in [7, 11) is 1.61. The molecular formula is C12H11N3O2. The van der Waals surface area contributed by atoms with E-state index in [0.29, 0.717) is 17.8 Å². The number of carbonyl (C=O) groups excluding carboxylic acids is 1. The van der Waals surface area contributed by atoms with E-state index >= 15 is 0 Å². The Morgan fingerprint density at radius 1 is 1.29 bits per heavy atom. The van der Waals surface area contributed by atoms with Crippen molar-refractivity contribution in [1.29, 1.82) is 0 Å². The SMILES string of the molecule is COc1cccc(Nc2ncc(C=O)cn2)c1. The highest BCUT2D eigenvalue weighted by Gasteiger charge is 1.99. The average Bonchev–Trinajstić information content (AvgIpc) is 2.40. The van der Waals surface area contributed by atoms with Gasteiger partial charge in [-0.3, -0.25) is 4.79 Å². The zero-order chi connectivity index (χ0) is 12.1. The smallest absolute Gasteiger partial charge is 0.227 e. The molecule has 1 N–H and O–H groups in total. The number of anilines is 2. The van der Waals surface area contributed by atoms with Gasteiger partial charge in [0.05, 0.1) is 12.7 Å². The van der Waals surface area contributed by atoms with E-state index in [1.807, 2.05) is 24.3 Å². The number of nitrogens with one attached hydrogen (secondary N) is 1. The topological polar surface area (TPSA) is 64.1 Å². The van der Waals surface area contributed by atoms with Crippen LogP contribution in [0.25, 0.3) is 0 Å². The van der Waals surface area contributed by atoms with Crippen LogP contribution < -0.4 is 10.1 Å². The van der Waals surface area contributed by atoms with Gasteiger partial charge in [-0.1, -0.05) is 6.07 Å². The van der Waals surface area contributed by atoms with E-state index in [-0.39, 0.29) is 0 Å². The Balaban J connectivity index is 2.15. The van der Waals surface area contributed by atoms with Gasteiger partial charge < -0.3 is 10.1 Å². The minimum absolute atomic E-state index is 0.434. The third-order valence-electron chi connectivity index (χ3n) is 2.13. The summed E-state index contributed by atoms with van der Waals surface area (Å²) in [4.78, 5) is 18.5. The Kier molecular flexibility index (Phi) is 3.30. The van der Waals surface area contributed by atoms with Crippen LogP contribution in [0.2, 0.25) is 0 Å². The van der Waals surface area contributed by atoms with Gasteiger partial charge >= 0.3 is 0 Å². The van der Waals surface area contributed by atoms with Crippen molar-refractivity contribution in [2.45, 2.75) is 0 Å². The van der Waals surface area contributed by atoms with Gasteiger partial charge in [0.15, 0.2) is 6.29 Å². The van der Waals surface area contributed by atoms with Crippen LogP contribution in [-0.2, 0) is 0 Å². The molecule has 17 heavy (non-hydrogen) atoms. The molecule has 1 aromatic heterocycles. The van der Waals surface area contributed by atoms with E-state index in [2.05, 4.69) is 15.3 Å². The second-order valence-electron chi connectivity index (χ2n) is 3.31. The quantitative estimate of drug-likeness (QED) is 0.813. The lowest BCUT2D eigenvalue weighted by Crippen LogP contribution is -1.97. The highest BCUT2D eigenvalue weighted by molar-refractivity contribution is 5.73. The zero-order valence-electron chi connectivity index (χ0n) is 9.25. The summed E-state index contributed by atoms with van der Waals surface area (Å²) in [5.74, 6) is 1.18. The van der Waals surface area contributed by atoms with Crippen LogP contribution in [0.5, 0.6) is 5.75 Å². The van der Waals surface area contributed by atoms with Crippen LogP contribution in [0, 0.1) is 0 Å². The lowest BCUT2D eigenvalue weighted by Gasteiger charge is -2.06. The van der Waals surface area contributed by atoms with Crippen molar-refractivity contribution < 1.29 is 9.53 Å². The Morgan fingerprint density at radius 2 is 2.06 bits per heavy atom. The lowest BCUT2D eigenvalue weighted by atomic mass is 10.3. The number of ether oxygens (including phenoxy) is 1. The highest BCUT2D eigenvalue weighted by Crippen LogP contribution is 2.18. The number of nitrogens with zero attached hydrogens (tertiary/aromatic N) is 2. The minimum atomic E-state index is 0.434. The molecule has 0 saturated heterocycles. The van der Waals surface area contributed by atoms with Crippen molar-refractivity contribution in [2.24, 2.45) is 0 Å². The number of hydrogen-bond acceptors (Lipinski definition) is 5. The van der Waals surface area contributed by atoms with Gasteiger partial charge in [0, 0.05) is 24.1 Å². The van der Waals surface area contributed by atoms with Gasteiger partial charge in [0.2, 0.25) is 5.95 Å². The lowest BCUT2D eigenvalue weighted by molar-refractivity contribution is 0.112. The van der Waals surface area contributed by atoms with Crippen LogP contribution >= 0.6 is 0 Å². The molecule has 86 valence electrons. The van der Waals surface area contributed by atoms with Crippen LogP contribution in [0.1, 0.15) is 10.4 Å². The number of aromatic nitrogens is 2. The molecule has 2 rings (SSSR count). The highest BCUT2D eigenvalue weighted by atomic mass is 16.5. The van der Waals surface area contributed by atoms with Crippen LogP contribution in [0.3, 0.4) is 0 Å². The average molecular weight is 229 g/mol. The molecule has 0 unspecified atom stereocenters. The van der Waals surface area contributed by atoms with E-state index in [1.54, 1.807) is 7.11 Å². The molecule has 0 spiro atoms. The van der Waals surface area contributed by atoms with Crippen molar-refractivity contribution in [3.8, 4) is 5.75 Å². The molecule has 1 heterocycles. The van der Waals surface area contributed by atoms with Crippen molar-refractivity contribution in [3.05, 3.63) is 42.2 Å². The summed E-state index contributed by atoms with van der Waals surface area (Å²) in [5, 5.41) is 3.01. The molecule has 0 aliphatic heterocycles. The zero-order valence-corrected chi connectivity index (χ0v) is 9.25. The van der Waals surface area contributed by atoms with Crippen LogP contribution in [0.15, 0.2) is 36.7 Å². The van der Waals surface area contributed by atoms with E-state index < -0.39 is 0 Å². The maximum absolute atomic E-state index is 10.4. The molecule has 0 amide bonds. The second-order valence-corrected chi connectivity index (χ2v) is 3.31. The summed E-state index contributed by atoms with van der Waals surface area (Å²) < 4.78 is 5.10. The van der Waals surface area contributed by atoms with E-state index in [0.717, 1.165) is 11.4 Å². The summed E-state index contributed by atoms with van der Waals surface area (Å²) in [5.41, 5.74) is 1.27. The van der Waals surface area contributed by atoms with Gasteiger partial charge in [-0.25, -0.2) is 9.97 Å². The van der Waals surface area contributed by atoms with Gasteiger partial charge in [-0.15, -0.1) is 0 Å². The molecule has 5 nitrogen and oxygen atoms in total. The maximum Gasteiger partial charge on any atom is 0.227 e. The number of carbonyl (C=O) groups is 1. The standard InChI is InChI=1S/C12H11N3O2/c1-17-11-4-2-3-10(5-11)15-12-13-6-9(8-16)7-14-12/h2-8H,1H3,(H,13,14,15). The Hall–Kier alpha value is -2.43. The van der Waals surface area contributed by atoms with Gasteiger partial charge in [0.1, 0.15) is 5.75 Å². The third kappa shape index (κ3) is 2.78. The molecule has 0 bridgehead atoms. The van der Waals surface area contributed by atoms with E-state index in [9.17, 15) is 4.79 Å². The molecule has 2 aromatic rings. The second kappa shape index (κ2) is 5.07. The molecule has 0 radical (unpaired) electrons. The predicted octanol–water partition coefficient (Wildman–Crippen LogP) is 2.04. The Labute approximate surface area is 98.5 Å². The first-order valence-corrected chi connectivity index (χ1v) is 5.00.